The highest BCUT2D eigenvalue weighted by Crippen LogP contribution is 2.25. The molecule has 5 N–H and O–H groups in total. The van der Waals surface area contributed by atoms with Gasteiger partial charge in [-0.05, 0) is 24.3 Å². The predicted molar refractivity (Wildman–Crippen MR) is 112 cm³/mol. The second kappa shape index (κ2) is 9.32. The number of halogens is 2. The average molecular weight is 418 g/mol. The molecule has 3 rings (SSSR count). The van der Waals surface area contributed by atoms with Gasteiger partial charge in [0.15, 0.2) is 0 Å². The fraction of sp³-hybridized carbons (Fsp3) is 0.111. The molecule has 28 heavy (non-hydrogen) atoms. The van der Waals surface area contributed by atoms with E-state index in [1.807, 2.05) is 0 Å². The Morgan fingerprint density at radius 2 is 1.79 bits per heavy atom. The van der Waals surface area contributed by atoms with Gasteiger partial charge in [-0.2, -0.15) is 4.98 Å². The number of hydrogen-bond acceptors (Lipinski definition) is 7. The molecule has 0 aliphatic rings. The molecule has 1 aromatic carbocycles. The molecular weight excluding hydrogens is 401 g/mol. The Kier molecular flexibility index (Phi) is 6.59. The molecule has 1 amide bonds. The molecule has 0 radical (unpaired) electrons. The van der Waals surface area contributed by atoms with Crippen molar-refractivity contribution in [3.05, 3.63) is 64.4 Å². The van der Waals surface area contributed by atoms with Crippen LogP contribution in [0.4, 0.5) is 23.3 Å². The molecule has 0 aliphatic heterocycles. The molecule has 10 heteroatoms. The van der Waals surface area contributed by atoms with E-state index in [0.717, 1.165) is 0 Å². The van der Waals surface area contributed by atoms with E-state index in [2.05, 4.69) is 30.9 Å². The number of nitrogens with zero attached hydrogens (tertiary/aromatic N) is 3. The third-order valence-electron chi connectivity index (χ3n) is 3.55. The summed E-state index contributed by atoms with van der Waals surface area (Å²) in [5, 5.41) is 9.36. The van der Waals surface area contributed by atoms with Crippen molar-refractivity contribution in [3.63, 3.8) is 0 Å². The summed E-state index contributed by atoms with van der Waals surface area (Å²) < 4.78 is 0. The first-order chi connectivity index (χ1) is 13.6. The molecule has 0 unspecified atom stereocenters. The number of carbonyl (C=O) groups excluding carboxylic acids is 1. The Labute approximate surface area is 171 Å². The highest BCUT2D eigenvalue weighted by Gasteiger charge is 2.15. The van der Waals surface area contributed by atoms with Crippen LogP contribution in [-0.4, -0.2) is 33.9 Å². The first kappa shape index (κ1) is 19.8. The van der Waals surface area contributed by atoms with Crippen molar-refractivity contribution < 1.29 is 4.79 Å². The van der Waals surface area contributed by atoms with E-state index in [0.29, 0.717) is 36.4 Å². The van der Waals surface area contributed by atoms with E-state index >= 15 is 0 Å². The van der Waals surface area contributed by atoms with Crippen LogP contribution >= 0.6 is 23.2 Å². The van der Waals surface area contributed by atoms with Crippen molar-refractivity contribution in [1.29, 1.82) is 0 Å². The van der Waals surface area contributed by atoms with Crippen LogP contribution < -0.4 is 21.7 Å². The van der Waals surface area contributed by atoms with Crippen LogP contribution in [0.3, 0.4) is 0 Å². The lowest BCUT2D eigenvalue weighted by atomic mass is 10.2. The quantitative estimate of drug-likeness (QED) is 0.464. The van der Waals surface area contributed by atoms with E-state index < -0.39 is 5.91 Å². The summed E-state index contributed by atoms with van der Waals surface area (Å²) in [6, 6.07) is 9.90. The van der Waals surface area contributed by atoms with E-state index in [-0.39, 0.29) is 15.6 Å². The van der Waals surface area contributed by atoms with Crippen LogP contribution in [0, 0.1) is 0 Å². The Bertz CT molecular complexity index is 963. The molecule has 0 fully saturated rings. The van der Waals surface area contributed by atoms with Gasteiger partial charge in [-0.3, -0.25) is 4.79 Å². The summed E-state index contributed by atoms with van der Waals surface area (Å²) in [7, 11) is 0. The molecule has 0 bridgehead atoms. The smallest absolute Gasteiger partial charge is 0.258 e. The highest BCUT2D eigenvalue weighted by atomic mass is 35.5. The van der Waals surface area contributed by atoms with E-state index in [4.69, 9.17) is 28.9 Å². The standard InChI is InChI=1S/C18H17Cl2N7O/c19-12-2-1-3-13(20)16(12)17(28)25-11-4-7-22-15(10-11)26-14-5-8-23-18(27-14)24-9-6-21/h1-5,7-8,10H,6,9,21H2,(H3,22,23,24,25,26,27,28). The average Bonchev–Trinajstić information content (AvgIpc) is 2.67. The summed E-state index contributed by atoms with van der Waals surface area (Å²) in [6.07, 6.45) is 3.17. The Morgan fingerprint density at radius 3 is 2.54 bits per heavy atom. The first-order valence-corrected chi connectivity index (χ1v) is 9.08. The third kappa shape index (κ3) is 5.07. The largest absolute Gasteiger partial charge is 0.353 e. The molecule has 0 saturated carbocycles. The van der Waals surface area contributed by atoms with Crippen LogP contribution in [0.1, 0.15) is 10.4 Å². The SMILES string of the molecule is NCCNc1nccc(Nc2cc(NC(=O)c3c(Cl)cccc3Cl)ccn2)n1. The number of aromatic nitrogens is 3. The van der Waals surface area contributed by atoms with Gasteiger partial charge in [0.05, 0.1) is 15.6 Å². The molecule has 0 aliphatic carbocycles. The molecule has 2 aromatic heterocycles. The van der Waals surface area contributed by atoms with Gasteiger partial charge in [0.1, 0.15) is 11.6 Å². The Hall–Kier alpha value is -2.94. The van der Waals surface area contributed by atoms with Gasteiger partial charge < -0.3 is 21.7 Å². The minimum atomic E-state index is -0.414. The van der Waals surface area contributed by atoms with E-state index in [9.17, 15) is 4.79 Å². The van der Waals surface area contributed by atoms with Crippen LogP contribution in [0.15, 0.2) is 48.8 Å². The number of rotatable bonds is 7. The van der Waals surface area contributed by atoms with Crippen molar-refractivity contribution >= 4 is 52.4 Å². The van der Waals surface area contributed by atoms with Crippen LogP contribution in [0.2, 0.25) is 10.0 Å². The summed E-state index contributed by atoms with van der Waals surface area (Å²) >= 11 is 12.2. The van der Waals surface area contributed by atoms with Gasteiger partial charge in [0, 0.05) is 37.2 Å². The normalized spacial score (nSPS) is 10.4. The summed E-state index contributed by atoms with van der Waals surface area (Å²) in [5.41, 5.74) is 6.19. The number of carbonyl (C=O) groups is 1. The number of nitrogens with two attached hydrogens (primary N) is 1. The number of anilines is 4. The molecule has 2 heterocycles. The lowest BCUT2D eigenvalue weighted by Crippen LogP contribution is -2.15. The number of benzene rings is 1. The van der Waals surface area contributed by atoms with E-state index in [1.165, 1.54) is 0 Å². The first-order valence-electron chi connectivity index (χ1n) is 8.32. The van der Waals surface area contributed by atoms with Crippen LogP contribution in [0.25, 0.3) is 0 Å². The van der Waals surface area contributed by atoms with Gasteiger partial charge in [-0.1, -0.05) is 29.3 Å². The molecule has 8 nitrogen and oxygen atoms in total. The summed E-state index contributed by atoms with van der Waals surface area (Å²) in [6.45, 7) is 1.04. The lowest BCUT2D eigenvalue weighted by molar-refractivity contribution is 0.102. The van der Waals surface area contributed by atoms with Gasteiger partial charge in [0.25, 0.3) is 5.91 Å². The maximum absolute atomic E-state index is 12.5. The highest BCUT2D eigenvalue weighted by molar-refractivity contribution is 6.40. The van der Waals surface area contributed by atoms with Gasteiger partial charge >= 0.3 is 0 Å². The van der Waals surface area contributed by atoms with Gasteiger partial charge in [0.2, 0.25) is 5.95 Å². The van der Waals surface area contributed by atoms with Crippen molar-refractivity contribution in [2.24, 2.45) is 5.73 Å². The maximum atomic E-state index is 12.5. The fourth-order valence-corrected chi connectivity index (χ4v) is 2.88. The summed E-state index contributed by atoms with van der Waals surface area (Å²) in [4.78, 5) is 25.2. The molecule has 3 aromatic rings. The molecule has 0 atom stereocenters. The molecule has 144 valence electrons. The topological polar surface area (TPSA) is 118 Å². The van der Waals surface area contributed by atoms with Crippen molar-refractivity contribution in [1.82, 2.24) is 15.0 Å². The van der Waals surface area contributed by atoms with Crippen molar-refractivity contribution in [2.75, 3.05) is 29.0 Å². The maximum Gasteiger partial charge on any atom is 0.258 e. The zero-order chi connectivity index (χ0) is 19.9. The van der Waals surface area contributed by atoms with Crippen LogP contribution in [-0.2, 0) is 0 Å². The van der Waals surface area contributed by atoms with Crippen molar-refractivity contribution in [3.8, 4) is 0 Å². The minimum Gasteiger partial charge on any atom is -0.353 e. The molecule has 0 spiro atoms. The summed E-state index contributed by atoms with van der Waals surface area (Å²) in [5.74, 6) is 1.07. The fourth-order valence-electron chi connectivity index (χ4n) is 2.31. The van der Waals surface area contributed by atoms with Crippen molar-refractivity contribution in [2.45, 2.75) is 0 Å². The van der Waals surface area contributed by atoms with Gasteiger partial charge in [-0.25, -0.2) is 9.97 Å². The van der Waals surface area contributed by atoms with Gasteiger partial charge in [-0.15, -0.1) is 0 Å². The molecular formula is C18H17Cl2N7O. The number of amides is 1. The predicted octanol–water partition coefficient (Wildman–Crippen LogP) is 3.54. The second-order valence-electron chi connectivity index (χ2n) is 5.59. The Morgan fingerprint density at radius 1 is 1.04 bits per heavy atom. The lowest BCUT2D eigenvalue weighted by Gasteiger charge is -2.10. The molecule has 0 saturated heterocycles. The van der Waals surface area contributed by atoms with E-state index in [1.54, 1.807) is 48.8 Å². The zero-order valence-corrected chi connectivity index (χ0v) is 16.1. The number of nitrogens with one attached hydrogen (secondary N) is 3. The monoisotopic (exact) mass is 417 g/mol. The minimum absolute atomic E-state index is 0.212. The third-order valence-corrected chi connectivity index (χ3v) is 4.18. The number of hydrogen-bond donors (Lipinski definition) is 4. The Balaban J connectivity index is 1.73. The number of pyridine rings is 1. The van der Waals surface area contributed by atoms with Crippen LogP contribution in [0.5, 0.6) is 0 Å². The zero-order valence-electron chi connectivity index (χ0n) is 14.6. The second-order valence-corrected chi connectivity index (χ2v) is 6.40.